The largest absolute Gasteiger partial charge is 0.355 e. The van der Waals surface area contributed by atoms with Crippen LogP contribution in [0.2, 0.25) is 0 Å². The highest BCUT2D eigenvalue weighted by Crippen LogP contribution is 2.37. The molecule has 1 aromatic heterocycles. The molecule has 1 heterocycles. The fourth-order valence-corrected chi connectivity index (χ4v) is 3.29. The Morgan fingerprint density at radius 1 is 1.04 bits per heavy atom. The second-order valence-electron chi connectivity index (χ2n) is 5.09. The third kappa shape index (κ3) is 2.91. The highest BCUT2D eigenvalue weighted by atomic mass is 32.2. The van der Waals surface area contributed by atoms with Gasteiger partial charge in [-0.1, -0.05) is 54.5 Å². The van der Waals surface area contributed by atoms with Crippen molar-refractivity contribution in [3.05, 3.63) is 60.3 Å². The zero-order valence-electron chi connectivity index (χ0n) is 12.6. The summed E-state index contributed by atoms with van der Waals surface area (Å²) in [7, 11) is -3.87. The van der Waals surface area contributed by atoms with Crippen molar-refractivity contribution in [3.63, 3.8) is 0 Å². The first-order chi connectivity index (χ1) is 11.0. The zero-order chi connectivity index (χ0) is 16.4. The fourth-order valence-electron chi connectivity index (χ4n) is 2.55. The first kappa shape index (κ1) is 15.5. The number of nitrogens with zero attached hydrogens (tertiary/aromatic N) is 1. The molecule has 0 radical (unpaired) electrons. The van der Waals surface area contributed by atoms with Gasteiger partial charge in [-0.25, -0.2) is 13.6 Å². The minimum Gasteiger partial charge on any atom is -0.355 e. The zero-order valence-corrected chi connectivity index (χ0v) is 13.4. The molecule has 23 heavy (non-hydrogen) atoms. The molecule has 2 N–H and O–H groups in total. The number of aryl methyl sites for hydroxylation is 1. The first-order valence-electron chi connectivity index (χ1n) is 7.18. The maximum atomic E-state index is 11.9. The molecule has 118 valence electrons. The minimum atomic E-state index is -3.87. The van der Waals surface area contributed by atoms with Crippen LogP contribution in [0.3, 0.4) is 0 Å². The van der Waals surface area contributed by atoms with Crippen LogP contribution in [-0.2, 0) is 16.4 Å². The molecule has 3 aromatic rings. The van der Waals surface area contributed by atoms with E-state index in [0.717, 1.165) is 16.8 Å². The Hall–Kier alpha value is -2.44. The summed E-state index contributed by atoms with van der Waals surface area (Å²) in [6, 6.07) is 16.1. The van der Waals surface area contributed by atoms with Crippen molar-refractivity contribution in [2.75, 3.05) is 0 Å². The number of nitrogens with two attached hydrogens (primary N) is 1. The van der Waals surface area contributed by atoms with E-state index < -0.39 is 10.0 Å². The first-order valence-corrected chi connectivity index (χ1v) is 8.73. The summed E-state index contributed by atoms with van der Waals surface area (Å²) >= 11 is 0. The van der Waals surface area contributed by atoms with E-state index in [1.54, 1.807) is 18.2 Å². The minimum absolute atomic E-state index is 0.0241. The monoisotopic (exact) mass is 328 g/mol. The normalized spacial score (nSPS) is 11.6. The summed E-state index contributed by atoms with van der Waals surface area (Å²) in [5.41, 5.74) is 2.91. The maximum Gasteiger partial charge on any atom is 0.238 e. The van der Waals surface area contributed by atoms with Crippen LogP contribution in [0, 0.1) is 0 Å². The molecule has 0 spiro atoms. The van der Waals surface area contributed by atoms with Crippen molar-refractivity contribution in [2.45, 2.75) is 18.2 Å². The van der Waals surface area contributed by atoms with Crippen molar-refractivity contribution in [1.29, 1.82) is 0 Å². The van der Waals surface area contributed by atoms with E-state index in [0.29, 0.717) is 17.7 Å². The van der Waals surface area contributed by atoms with Gasteiger partial charge in [-0.3, -0.25) is 0 Å². The summed E-state index contributed by atoms with van der Waals surface area (Å²) in [6.07, 6.45) is 0.672. The van der Waals surface area contributed by atoms with Crippen LogP contribution in [0.4, 0.5) is 0 Å². The third-order valence-corrected chi connectivity index (χ3v) is 4.57. The van der Waals surface area contributed by atoms with Gasteiger partial charge in [0, 0.05) is 5.56 Å². The molecular formula is C17H16N2O3S. The van der Waals surface area contributed by atoms with Crippen molar-refractivity contribution in [3.8, 4) is 22.5 Å². The van der Waals surface area contributed by atoms with Gasteiger partial charge in [0.2, 0.25) is 10.0 Å². The fraction of sp³-hybridized carbons (Fsp3) is 0.118. The van der Waals surface area contributed by atoms with Gasteiger partial charge in [-0.05, 0) is 24.1 Å². The van der Waals surface area contributed by atoms with Gasteiger partial charge in [-0.2, -0.15) is 0 Å². The van der Waals surface area contributed by atoms with Crippen LogP contribution in [0.25, 0.3) is 22.5 Å². The van der Waals surface area contributed by atoms with Crippen molar-refractivity contribution in [2.24, 2.45) is 5.14 Å². The van der Waals surface area contributed by atoms with Crippen molar-refractivity contribution in [1.82, 2.24) is 5.16 Å². The summed E-state index contributed by atoms with van der Waals surface area (Å²) < 4.78 is 29.2. The summed E-state index contributed by atoms with van der Waals surface area (Å²) in [5, 5.41) is 9.43. The van der Waals surface area contributed by atoms with Gasteiger partial charge in [0.25, 0.3) is 0 Å². The average molecular weight is 328 g/mol. The molecule has 6 heteroatoms. The lowest BCUT2D eigenvalue weighted by Gasteiger charge is -2.07. The van der Waals surface area contributed by atoms with E-state index in [1.807, 2.05) is 37.3 Å². The molecule has 0 aliphatic heterocycles. The molecule has 0 aliphatic rings. The van der Waals surface area contributed by atoms with Gasteiger partial charge >= 0.3 is 0 Å². The number of hydrogen-bond donors (Lipinski definition) is 1. The Morgan fingerprint density at radius 2 is 1.70 bits per heavy atom. The topological polar surface area (TPSA) is 86.2 Å². The highest BCUT2D eigenvalue weighted by Gasteiger charge is 2.23. The Morgan fingerprint density at radius 3 is 2.35 bits per heavy atom. The van der Waals surface area contributed by atoms with E-state index in [2.05, 4.69) is 5.16 Å². The van der Waals surface area contributed by atoms with E-state index in [-0.39, 0.29) is 4.90 Å². The summed E-state index contributed by atoms with van der Waals surface area (Å²) in [4.78, 5) is 0.0241. The molecule has 5 nitrogen and oxygen atoms in total. The van der Waals surface area contributed by atoms with Crippen LogP contribution in [0.5, 0.6) is 0 Å². The van der Waals surface area contributed by atoms with E-state index in [1.165, 1.54) is 6.07 Å². The molecule has 0 unspecified atom stereocenters. The average Bonchev–Trinajstić information content (AvgIpc) is 2.98. The van der Waals surface area contributed by atoms with Gasteiger partial charge in [0.15, 0.2) is 5.76 Å². The Bertz CT molecular complexity index is 931. The standard InChI is InChI=1S/C17H16N2O3S/c1-2-14-16(12-8-4-3-5-9-12)17(22-19-14)13-10-6-7-11-15(13)23(18,20)21/h3-11H,2H2,1H3,(H2,18,20,21). The lowest BCUT2D eigenvalue weighted by atomic mass is 9.98. The highest BCUT2D eigenvalue weighted by molar-refractivity contribution is 7.89. The van der Waals surface area contributed by atoms with Gasteiger partial charge in [-0.15, -0.1) is 0 Å². The van der Waals surface area contributed by atoms with Crippen LogP contribution in [0.15, 0.2) is 64.0 Å². The van der Waals surface area contributed by atoms with E-state index in [9.17, 15) is 8.42 Å². The molecule has 2 aromatic carbocycles. The lowest BCUT2D eigenvalue weighted by Crippen LogP contribution is -2.13. The predicted molar refractivity (Wildman–Crippen MR) is 88.1 cm³/mol. The van der Waals surface area contributed by atoms with Gasteiger partial charge in [0.1, 0.15) is 0 Å². The number of primary sulfonamides is 1. The number of rotatable bonds is 4. The number of hydrogen-bond acceptors (Lipinski definition) is 4. The molecule has 3 rings (SSSR count). The number of sulfonamides is 1. The SMILES string of the molecule is CCc1noc(-c2ccccc2S(N)(=O)=O)c1-c1ccccc1. The van der Waals surface area contributed by atoms with E-state index >= 15 is 0 Å². The van der Waals surface area contributed by atoms with Crippen LogP contribution >= 0.6 is 0 Å². The number of aromatic nitrogens is 1. The van der Waals surface area contributed by atoms with Gasteiger partial charge in [0.05, 0.1) is 16.2 Å². The molecule has 0 fully saturated rings. The van der Waals surface area contributed by atoms with Crippen LogP contribution in [0.1, 0.15) is 12.6 Å². The molecule has 0 saturated carbocycles. The Balaban J connectivity index is 2.30. The van der Waals surface area contributed by atoms with E-state index in [4.69, 9.17) is 9.66 Å². The summed E-state index contributed by atoms with van der Waals surface area (Å²) in [5.74, 6) is 0.415. The lowest BCUT2D eigenvalue weighted by molar-refractivity contribution is 0.423. The van der Waals surface area contributed by atoms with Crippen LogP contribution in [-0.4, -0.2) is 13.6 Å². The molecule has 0 bridgehead atoms. The van der Waals surface area contributed by atoms with Gasteiger partial charge < -0.3 is 4.52 Å². The molecule has 0 saturated heterocycles. The molecule has 0 amide bonds. The smallest absolute Gasteiger partial charge is 0.238 e. The van der Waals surface area contributed by atoms with Crippen molar-refractivity contribution < 1.29 is 12.9 Å². The Kier molecular flexibility index (Phi) is 4.02. The maximum absolute atomic E-state index is 11.9. The quantitative estimate of drug-likeness (QED) is 0.796. The third-order valence-electron chi connectivity index (χ3n) is 3.60. The number of benzene rings is 2. The summed E-state index contributed by atoms with van der Waals surface area (Å²) in [6.45, 7) is 1.97. The second-order valence-corrected chi connectivity index (χ2v) is 6.62. The second kappa shape index (κ2) is 5.98. The van der Waals surface area contributed by atoms with Crippen molar-refractivity contribution >= 4 is 10.0 Å². The molecular weight excluding hydrogens is 312 g/mol. The van der Waals surface area contributed by atoms with Crippen LogP contribution < -0.4 is 5.14 Å². The molecule has 0 aliphatic carbocycles. The molecule has 0 atom stereocenters. The Labute approximate surface area is 134 Å². The predicted octanol–water partition coefficient (Wildman–Crippen LogP) is 3.22.